The zero-order chi connectivity index (χ0) is 16.8. The van der Waals surface area contributed by atoms with Gasteiger partial charge in [0, 0.05) is 43.1 Å². The third kappa shape index (κ3) is 3.94. The summed E-state index contributed by atoms with van der Waals surface area (Å²) >= 11 is 0. The van der Waals surface area contributed by atoms with Crippen molar-refractivity contribution in [3.05, 3.63) is 30.1 Å². The fraction of sp³-hybridized carbons (Fsp3) is 0.667. The van der Waals surface area contributed by atoms with Gasteiger partial charge in [-0.3, -0.25) is 14.7 Å². The van der Waals surface area contributed by atoms with E-state index in [1.807, 2.05) is 0 Å². The van der Waals surface area contributed by atoms with E-state index in [1.54, 1.807) is 18.3 Å². The van der Waals surface area contributed by atoms with E-state index in [-0.39, 0.29) is 11.4 Å². The van der Waals surface area contributed by atoms with E-state index in [4.69, 9.17) is 4.74 Å². The summed E-state index contributed by atoms with van der Waals surface area (Å²) < 4.78 is 5.48. The Hall–Kier alpha value is -1.50. The molecule has 2 fully saturated rings. The van der Waals surface area contributed by atoms with Crippen molar-refractivity contribution in [3.63, 3.8) is 0 Å². The highest BCUT2D eigenvalue weighted by atomic mass is 16.5. The summed E-state index contributed by atoms with van der Waals surface area (Å²) in [5, 5.41) is 13.2. The van der Waals surface area contributed by atoms with Gasteiger partial charge in [0.1, 0.15) is 0 Å². The van der Waals surface area contributed by atoms with Crippen LogP contribution >= 0.6 is 0 Å². The van der Waals surface area contributed by atoms with Crippen molar-refractivity contribution in [2.45, 2.75) is 43.7 Å². The maximum absolute atomic E-state index is 12.4. The Morgan fingerprint density at radius 2 is 2.08 bits per heavy atom. The first kappa shape index (κ1) is 17.3. The van der Waals surface area contributed by atoms with E-state index in [0.717, 1.165) is 39.1 Å². The molecule has 1 amide bonds. The number of hydrogen-bond acceptors (Lipinski definition) is 5. The van der Waals surface area contributed by atoms with Crippen LogP contribution in [0.3, 0.4) is 0 Å². The number of nitrogens with one attached hydrogen (secondary N) is 1. The van der Waals surface area contributed by atoms with Gasteiger partial charge in [-0.25, -0.2) is 0 Å². The van der Waals surface area contributed by atoms with E-state index in [2.05, 4.69) is 15.2 Å². The zero-order valence-electron chi connectivity index (χ0n) is 14.1. The van der Waals surface area contributed by atoms with E-state index in [1.165, 1.54) is 25.5 Å². The Bertz CT molecular complexity index is 526. The fourth-order valence-electron chi connectivity index (χ4n) is 3.89. The molecule has 6 nitrogen and oxygen atoms in total. The summed E-state index contributed by atoms with van der Waals surface area (Å²) in [5.74, 6) is -0.346. The molecule has 1 atom stereocenters. The molecule has 24 heavy (non-hydrogen) atoms. The average Bonchev–Trinajstić information content (AvgIpc) is 2.67. The van der Waals surface area contributed by atoms with E-state index in [9.17, 15) is 9.90 Å². The molecule has 3 rings (SSSR count). The number of pyridine rings is 1. The number of morpholine rings is 1. The second-order valence-electron chi connectivity index (χ2n) is 6.79. The minimum atomic E-state index is -1.16. The van der Waals surface area contributed by atoms with Crippen LogP contribution in [0.5, 0.6) is 0 Å². The van der Waals surface area contributed by atoms with Crippen molar-refractivity contribution in [2.24, 2.45) is 0 Å². The smallest absolute Gasteiger partial charge is 0.253 e. The van der Waals surface area contributed by atoms with Gasteiger partial charge in [-0.1, -0.05) is 25.3 Å². The minimum Gasteiger partial charge on any atom is -0.379 e. The number of aliphatic hydroxyl groups is 1. The molecule has 1 saturated carbocycles. The number of aromatic nitrogens is 1. The average molecular weight is 333 g/mol. The summed E-state index contributed by atoms with van der Waals surface area (Å²) in [6.07, 6.45) is 7.83. The molecule has 2 aliphatic rings. The van der Waals surface area contributed by atoms with Gasteiger partial charge >= 0.3 is 0 Å². The summed E-state index contributed by atoms with van der Waals surface area (Å²) in [7, 11) is 0. The molecule has 6 heteroatoms. The SMILES string of the molecule is O=C(NCC1(N2CCOCC2)CCCCC1)C(O)c1cccnc1. The van der Waals surface area contributed by atoms with Gasteiger partial charge in [0.25, 0.3) is 5.91 Å². The summed E-state index contributed by atoms with van der Waals surface area (Å²) in [4.78, 5) is 18.8. The number of rotatable bonds is 5. The van der Waals surface area contributed by atoms with Crippen LogP contribution in [0.4, 0.5) is 0 Å². The van der Waals surface area contributed by atoms with E-state index in [0.29, 0.717) is 12.1 Å². The fourth-order valence-corrected chi connectivity index (χ4v) is 3.89. The second kappa shape index (κ2) is 8.05. The number of ether oxygens (including phenoxy) is 1. The first-order valence-corrected chi connectivity index (χ1v) is 8.90. The minimum absolute atomic E-state index is 0.00630. The maximum atomic E-state index is 12.4. The molecule has 0 bridgehead atoms. The molecule has 132 valence electrons. The topological polar surface area (TPSA) is 74.7 Å². The van der Waals surface area contributed by atoms with Crippen molar-refractivity contribution in [1.82, 2.24) is 15.2 Å². The molecule has 0 radical (unpaired) electrons. The summed E-state index contributed by atoms with van der Waals surface area (Å²) in [5.41, 5.74) is 0.533. The molecule has 0 spiro atoms. The normalized spacial score (nSPS) is 22.7. The van der Waals surface area contributed by atoms with Crippen LogP contribution in [0.15, 0.2) is 24.5 Å². The molecule has 1 aromatic rings. The Balaban J connectivity index is 1.63. The lowest BCUT2D eigenvalue weighted by Crippen LogP contribution is -2.60. The molecule has 2 heterocycles. The van der Waals surface area contributed by atoms with Crippen molar-refractivity contribution >= 4 is 5.91 Å². The maximum Gasteiger partial charge on any atom is 0.253 e. The molecule has 1 saturated heterocycles. The lowest BCUT2D eigenvalue weighted by atomic mass is 9.79. The highest BCUT2D eigenvalue weighted by molar-refractivity contribution is 5.81. The lowest BCUT2D eigenvalue weighted by molar-refractivity contribution is -0.131. The van der Waals surface area contributed by atoms with Crippen molar-refractivity contribution < 1.29 is 14.6 Å². The van der Waals surface area contributed by atoms with Crippen LogP contribution in [0, 0.1) is 0 Å². The monoisotopic (exact) mass is 333 g/mol. The number of hydrogen-bond donors (Lipinski definition) is 2. The molecule has 1 aromatic heterocycles. The van der Waals surface area contributed by atoms with Crippen LogP contribution < -0.4 is 5.32 Å². The van der Waals surface area contributed by atoms with Gasteiger partial charge < -0.3 is 15.2 Å². The van der Waals surface area contributed by atoms with Crippen LogP contribution in [0.2, 0.25) is 0 Å². The third-order valence-corrected chi connectivity index (χ3v) is 5.31. The number of amides is 1. The van der Waals surface area contributed by atoms with Crippen LogP contribution in [0.25, 0.3) is 0 Å². The highest BCUT2D eigenvalue weighted by Gasteiger charge is 2.39. The Morgan fingerprint density at radius 3 is 2.75 bits per heavy atom. The molecule has 1 aliphatic carbocycles. The zero-order valence-corrected chi connectivity index (χ0v) is 14.1. The third-order valence-electron chi connectivity index (χ3n) is 5.31. The van der Waals surface area contributed by atoms with Gasteiger partial charge in [-0.05, 0) is 18.9 Å². The molecule has 2 N–H and O–H groups in total. The highest BCUT2D eigenvalue weighted by Crippen LogP contribution is 2.34. The second-order valence-corrected chi connectivity index (χ2v) is 6.79. The van der Waals surface area contributed by atoms with Crippen LogP contribution in [-0.2, 0) is 9.53 Å². The first-order chi connectivity index (χ1) is 11.7. The van der Waals surface area contributed by atoms with E-state index < -0.39 is 6.10 Å². The lowest BCUT2D eigenvalue weighted by Gasteiger charge is -2.48. The molecular formula is C18H27N3O3. The molecular weight excluding hydrogens is 306 g/mol. The number of carbonyl (C=O) groups is 1. The van der Waals surface area contributed by atoms with Crippen molar-refractivity contribution in [3.8, 4) is 0 Å². The number of aliphatic hydroxyl groups excluding tert-OH is 1. The number of nitrogens with zero attached hydrogens (tertiary/aromatic N) is 2. The van der Waals surface area contributed by atoms with Crippen molar-refractivity contribution in [1.29, 1.82) is 0 Å². The largest absolute Gasteiger partial charge is 0.379 e. The van der Waals surface area contributed by atoms with Crippen molar-refractivity contribution in [2.75, 3.05) is 32.8 Å². The standard InChI is InChI=1S/C18H27N3O3/c22-16(15-5-4-8-19-13-15)17(23)20-14-18(6-2-1-3-7-18)21-9-11-24-12-10-21/h4-5,8,13,16,22H,1-3,6-7,9-12,14H2,(H,20,23). The van der Waals surface area contributed by atoms with Gasteiger partial charge in [0.2, 0.25) is 0 Å². The Labute approximate surface area is 143 Å². The van der Waals surface area contributed by atoms with Gasteiger partial charge in [-0.15, -0.1) is 0 Å². The van der Waals surface area contributed by atoms with Gasteiger partial charge in [0.15, 0.2) is 6.10 Å². The van der Waals surface area contributed by atoms with Gasteiger partial charge in [-0.2, -0.15) is 0 Å². The summed E-state index contributed by atoms with van der Waals surface area (Å²) in [6, 6.07) is 3.44. The van der Waals surface area contributed by atoms with E-state index >= 15 is 0 Å². The van der Waals surface area contributed by atoms with Gasteiger partial charge in [0.05, 0.1) is 13.2 Å². The Morgan fingerprint density at radius 1 is 1.33 bits per heavy atom. The predicted molar refractivity (Wildman–Crippen MR) is 90.4 cm³/mol. The summed E-state index contributed by atoms with van der Waals surface area (Å²) in [6.45, 7) is 3.94. The van der Waals surface area contributed by atoms with Crippen LogP contribution in [0.1, 0.15) is 43.8 Å². The first-order valence-electron chi connectivity index (χ1n) is 8.90. The number of carbonyl (C=O) groups excluding carboxylic acids is 1. The molecule has 1 aliphatic heterocycles. The quantitative estimate of drug-likeness (QED) is 0.849. The van der Waals surface area contributed by atoms with Crippen LogP contribution in [-0.4, -0.2) is 59.3 Å². The molecule has 1 unspecified atom stereocenters. The Kier molecular flexibility index (Phi) is 5.81. The molecule has 0 aromatic carbocycles. The predicted octanol–water partition coefficient (Wildman–Crippen LogP) is 1.27.